The summed E-state index contributed by atoms with van der Waals surface area (Å²) in [7, 11) is 1.67. The van der Waals surface area contributed by atoms with Crippen molar-refractivity contribution in [2.45, 2.75) is 13.8 Å². The third-order valence-electron chi connectivity index (χ3n) is 6.85. The quantitative estimate of drug-likeness (QED) is 0.283. The van der Waals surface area contributed by atoms with Gasteiger partial charge in [0.1, 0.15) is 17.1 Å². The van der Waals surface area contributed by atoms with E-state index in [0.29, 0.717) is 19.7 Å². The van der Waals surface area contributed by atoms with Gasteiger partial charge in [0, 0.05) is 60.5 Å². The van der Waals surface area contributed by atoms with Gasteiger partial charge in [-0.3, -0.25) is 4.79 Å². The molecule has 190 valence electrons. The van der Waals surface area contributed by atoms with Crippen LogP contribution in [0.25, 0.3) is 27.7 Å². The fourth-order valence-corrected chi connectivity index (χ4v) is 4.81. The lowest BCUT2D eigenvalue weighted by Gasteiger charge is -2.35. The van der Waals surface area contributed by atoms with Crippen LogP contribution in [0.2, 0.25) is 0 Å². The molecule has 0 atom stereocenters. The Balaban J connectivity index is 1.36. The van der Waals surface area contributed by atoms with E-state index in [0.717, 1.165) is 63.5 Å². The number of rotatable bonds is 7. The second-order valence-corrected chi connectivity index (χ2v) is 9.13. The molecule has 0 aliphatic carbocycles. The summed E-state index contributed by atoms with van der Waals surface area (Å²) in [5, 5.41) is 0.998. The molecule has 6 heteroatoms. The van der Waals surface area contributed by atoms with Crippen molar-refractivity contribution in [3.05, 3.63) is 84.6 Å². The van der Waals surface area contributed by atoms with E-state index < -0.39 is 0 Å². The predicted octanol–water partition coefficient (Wildman–Crippen LogP) is 6.26. The van der Waals surface area contributed by atoms with Gasteiger partial charge < -0.3 is 23.7 Å². The summed E-state index contributed by atoms with van der Waals surface area (Å²) in [6.45, 7) is 7.37. The number of furan rings is 1. The van der Waals surface area contributed by atoms with E-state index in [4.69, 9.17) is 13.9 Å². The molecule has 3 aromatic carbocycles. The second kappa shape index (κ2) is 10.8. The van der Waals surface area contributed by atoms with Crippen LogP contribution in [0.15, 0.2) is 83.5 Å². The van der Waals surface area contributed by atoms with Crippen molar-refractivity contribution in [2.75, 3.05) is 44.8 Å². The van der Waals surface area contributed by atoms with Crippen LogP contribution in [-0.4, -0.2) is 50.7 Å². The Bertz CT molecular complexity index is 1400. The molecule has 1 aliphatic rings. The van der Waals surface area contributed by atoms with Crippen molar-refractivity contribution < 1.29 is 18.7 Å². The van der Waals surface area contributed by atoms with E-state index in [-0.39, 0.29) is 5.91 Å². The number of allylic oxidation sites excluding steroid dienone is 1. The number of ether oxygens (including phenoxy) is 2. The molecule has 4 aromatic rings. The normalized spacial score (nSPS) is 14.2. The highest BCUT2D eigenvalue weighted by atomic mass is 16.5. The SMILES string of the molecule is CCOc1cc2occ(-c3ccccc3)c2cc1/C(C)=C/C(=O)N1CCN(c2ccc(OC)cc2)CC1. The molecule has 0 bridgehead atoms. The molecule has 0 spiro atoms. The number of amides is 1. The number of hydrogen-bond donors (Lipinski definition) is 0. The lowest BCUT2D eigenvalue weighted by atomic mass is 9.99. The monoisotopic (exact) mass is 496 g/mol. The van der Waals surface area contributed by atoms with Gasteiger partial charge >= 0.3 is 0 Å². The zero-order valence-electron chi connectivity index (χ0n) is 21.6. The minimum Gasteiger partial charge on any atom is -0.497 e. The van der Waals surface area contributed by atoms with E-state index in [1.807, 2.05) is 55.1 Å². The number of benzene rings is 3. The molecule has 1 fully saturated rings. The Kier molecular flexibility index (Phi) is 7.17. The number of hydrogen-bond acceptors (Lipinski definition) is 5. The molecule has 0 saturated carbocycles. The maximum absolute atomic E-state index is 13.2. The summed E-state index contributed by atoms with van der Waals surface area (Å²) in [6.07, 6.45) is 3.51. The number of carbonyl (C=O) groups excluding carboxylic acids is 1. The molecule has 0 unspecified atom stereocenters. The fraction of sp³-hybridized carbons (Fsp3) is 0.258. The van der Waals surface area contributed by atoms with E-state index in [2.05, 4.69) is 35.2 Å². The highest BCUT2D eigenvalue weighted by molar-refractivity contribution is 6.00. The van der Waals surface area contributed by atoms with E-state index in [1.54, 1.807) is 19.4 Å². The first kappa shape index (κ1) is 24.5. The van der Waals surface area contributed by atoms with Crippen LogP contribution in [-0.2, 0) is 4.79 Å². The van der Waals surface area contributed by atoms with Crippen molar-refractivity contribution in [2.24, 2.45) is 0 Å². The van der Waals surface area contributed by atoms with Crippen LogP contribution >= 0.6 is 0 Å². The third kappa shape index (κ3) is 5.19. The Morgan fingerprint density at radius 3 is 2.41 bits per heavy atom. The first-order valence-corrected chi connectivity index (χ1v) is 12.7. The van der Waals surface area contributed by atoms with Crippen molar-refractivity contribution >= 4 is 28.1 Å². The summed E-state index contributed by atoms with van der Waals surface area (Å²) in [5.74, 6) is 1.58. The van der Waals surface area contributed by atoms with Crippen LogP contribution in [0.5, 0.6) is 11.5 Å². The van der Waals surface area contributed by atoms with Crippen molar-refractivity contribution in [1.29, 1.82) is 0 Å². The number of piperazine rings is 1. The molecule has 37 heavy (non-hydrogen) atoms. The van der Waals surface area contributed by atoms with Crippen molar-refractivity contribution in [1.82, 2.24) is 4.90 Å². The lowest BCUT2D eigenvalue weighted by molar-refractivity contribution is -0.126. The molecule has 2 heterocycles. The average molecular weight is 497 g/mol. The molecule has 1 saturated heterocycles. The van der Waals surface area contributed by atoms with Gasteiger partial charge in [0.2, 0.25) is 5.91 Å². The van der Waals surface area contributed by atoms with Gasteiger partial charge in [-0.2, -0.15) is 0 Å². The Labute approximate surface area is 217 Å². The summed E-state index contributed by atoms with van der Waals surface area (Å²) in [6, 6.07) is 22.2. The van der Waals surface area contributed by atoms with Crippen LogP contribution in [0.4, 0.5) is 5.69 Å². The van der Waals surface area contributed by atoms with E-state index >= 15 is 0 Å². The molecular weight excluding hydrogens is 464 g/mol. The molecule has 1 aliphatic heterocycles. The molecule has 1 aromatic heterocycles. The maximum atomic E-state index is 13.2. The third-order valence-corrected chi connectivity index (χ3v) is 6.85. The molecule has 5 rings (SSSR count). The predicted molar refractivity (Wildman–Crippen MR) is 148 cm³/mol. The summed E-state index contributed by atoms with van der Waals surface area (Å²) in [5.41, 5.74) is 5.78. The van der Waals surface area contributed by atoms with Gasteiger partial charge in [-0.15, -0.1) is 0 Å². The van der Waals surface area contributed by atoms with Crippen LogP contribution in [0.1, 0.15) is 19.4 Å². The molecular formula is C31H32N2O4. The second-order valence-electron chi connectivity index (χ2n) is 9.13. The molecule has 6 nitrogen and oxygen atoms in total. The topological polar surface area (TPSA) is 55.2 Å². The zero-order chi connectivity index (χ0) is 25.8. The molecule has 0 radical (unpaired) electrons. The smallest absolute Gasteiger partial charge is 0.246 e. The minimum atomic E-state index is 0.0184. The Morgan fingerprint density at radius 1 is 1.00 bits per heavy atom. The number of anilines is 1. The lowest BCUT2D eigenvalue weighted by Crippen LogP contribution is -2.48. The summed E-state index contributed by atoms with van der Waals surface area (Å²) < 4.78 is 17.1. The first-order chi connectivity index (χ1) is 18.1. The Hall–Kier alpha value is -4.19. The molecule has 1 amide bonds. The van der Waals surface area contributed by atoms with Crippen LogP contribution < -0.4 is 14.4 Å². The van der Waals surface area contributed by atoms with Gasteiger partial charge in [-0.05, 0) is 55.3 Å². The van der Waals surface area contributed by atoms with Gasteiger partial charge in [0.15, 0.2) is 0 Å². The van der Waals surface area contributed by atoms with E-state index in [9.17, 15) is 4.79 Å². The fourth-order valence-electron chi connectivity index (χ4n) is 4.81. The van der Waals surface area contributed by atoms with Crippen molar-refractivity contribution in [3.8, 4) is 22.6 Å². The van der Waals surface area contributed by atoms with Gasteiger partial charge in [-0.1, -0.05) is 30.3 Å². The zero-order valence-corrected chi connectivity index (χ0v) is 21.6. The highest BCUT2D eigenvalue weighted by Gasteiger charge is 2.21. The van der Waals surface area contributed by atoms with Crippen LogP contribution in [0.3, 0.4) is 0 Å². The summed E-state index contributed by atoms with van der Waals surface area (Å²) >= 11 is 0. The van der Waals surface area contributed by atoms with Crippen LogP contribution in [0, 0.1) is 0 Å². The van der Waals surface area contributed by atoms with Gasteiger partial charge in [0.25, 0.3) is 0 Å². The highest BCUT2D eigenvalue weighted by Crippen LogP contribution is 2.37. The largest absolute Gasteiger partial charge is 0.497 e. The van der Waals surface area contributed by atoms with Gasteiger partial charge in [0.05, 0.1) is 20.0 Å². The van der Waals surface area contributed by atoms with Gasteiger partial charge in [-0.25, -0.2) is 0 Å². The average Bonchev–Trinajstić information content (AvgIpc) is 3.36. The number of fused-ring (bicyclic) bond motifs is 1. The number of nitrogens with zero attached hydrogens (tertiary/aromatic N) is 2. The molecule has 0 N–H and O–H groups in total. The standard InChI is InChI=1S/C31H32N2O4/c1-4-36-29-20-30-27(28(21-37-30)23-8-6-5-7-9-23)19-26(29)22(2)18-31(34)33-16-14-32(15-17-33)24-10-12-25(35-3)13-11-24/h5-13,18-21H,4,14-17H2,1-3H3/b22-18+. The first-order valence-electron chi connectivity index (χ1n) is 12.7. The maximum Gasteiger partial charge on any atom is 0.246 e. The van der Waals surface area contributed by atoms with Crippen molar-refractivity contribution in [3.63, 3.8) is 0 Å². The minimum absolute atomic E-state index is 0.0184. The summed E-state index contributed by atoms with van der Waals surface area (Å²) in [4.78, 5) is 17.4. The number of methoxy groups -OCH3 is 1. The Morgan fingerprint density at radius 2 is 1.73 bits per heavy atom. The number of carbonyl (C=O) groups is 1. The van der Waals surface area contributed by atoms with E-state index in [1.165, 1.54) is 0 Å².